The zero-order valence-corrected chi connectivity index (χ0v) is 11.5. The van der Waals surface area contributed by atoms with Crippen LogP contribution in [0, 0.1) is 6.92 Å². The molecule has 4 heteroatoms. The van der Waals surface area contributed by atoms with Gasteiger partial charge in [0.1, 0.15) is 11.6 Å². The zero-order valence-electron chi connectivity index (χ0n) is 11.5. The Morgan fingerprint density at radius 2 is 2.11 bits per heavy atom. The number of hydrogen-bond donors (Lipinski definition) is 2. The quantitative estimate of drug-likeness (QED) is 0.885. The van der Waals surface area contributed by atoms with Gasteiger partial charge in [-0.25, -0.2) is 4.98 Å². The molecule has 0 aliphatic heterocycles. The molecular formula is C15H19N3O. The van der Waals surface area contributed by atoms with Gasteiger partial charge in [0.15, 0.2) is 0 Å². The van der Waals surface area contributed by atoms with Crippen molar-refractivity contribution in [3.8, 4) is 0 Å². The summed E-state index contributed by atoms with van der Waals surface area (Å²) in [5.74, 6) is 1.53. The number of benzene rings is 1. The van der Waals surface area contributed by atoms with Crippen LogP contribution in [0.25, 0.3) is 0 Å². The fraction of sp³-hybridized carbons (Fsp3) is 0.333. The summed E-state index contributed by atoms with van der Waals surface area (Å²) >= 11 is 0. The number of rotatable bonds is 4. The van der Waals surface area contributed by atoms with Gasteiger partial charge >= 0.3 is 0 Å². The van der Waals surface area contributed by atoms with E-state index in [0.717, 1.165) is 0 Å². The van der Waals surface area contributed by atoms with Gasteiger partial charge in [-0.15, -0.1) is 0 Å². The van der Waals surface area contributed by atoms with E-state index in [1.165, 1.54) is 17.2 Å². The number of hydrogen-bond acceptors (Lipinski definition) is 3. The predicted molar refractivity (Wildman–Crippen MR) is 77.5 cm³/mol. The van der Waals surface area contributed by atoms with Gasteiger partial charge in [-0.05, 0) is 12.5 Å². The van der Waals surface area contributed by atoms with E-state index in [2.05, 4.69) is 40.4 Å². The molecular weight excluding hydrogens is 238 g/mol. The van der Waals surface area contributed by atoms with Crippen molar-refractivity contribution >= 4 is 5.82 Å². The maximum absolute atomic E-state index is 11.5. The van der Waals surface area contributed by atoms with Gasteiger partial charge in [-0.3, -0.25) is 4.79 Å². The second kappa shape index (κ2) is 5.69. The lowest BCUT2D eigenvalue weighted by molar-refractivity contribution is 0.766. The van der Waals surface area contributed by atoms with Crippen molar-refractivity contribution in [3.63, 3.8) is 0 Å². The molecule has 0 saturated carbocycles. The molecule has 0 spiro atoms. The normalized spacial score (nSPS) is 10.7. The first-order valence-corrected chi connectivity index (χ1v) is 6.45. The number of anilines is 1. The Bertz CT molecular complexity index is 617. The molecule has 2 rings (SSSR count). The molecule has 0 aliphatic rings. The number of aromatic amines is 1. The lowest BCUT2D eigenvalue weighted by atomic mass is 10.1. The average Bonchev–Trinajstić information content (AvgIpc) is 2.36. The summed E-state index contributed by atoms with van der Waals surface area (Å²) in [6.45, 7) is 6.73. The Morgan fingerprint density at radius 3 is 2.79 bits per heavy atom. The van der Waals surface area contributed by atoms with E-state index in [9.17, 15) is 4.79 Å². The second-order valence-electron chi connectivity index (χ2n) is 5.01. The van der Waals surface area contributed by atoms with Crippen molar-refractivity contribution in [2.45, 2.75) is 33.2 Å². The van der Waals surface area contributed by atoms with Crippen LogP contribution >= 0.6 is 0 Å². The van der Waals surface area contributed by atoms with Crippen molar-refractivity contribution in [1.29, 1.82) is 0 Å². The smallest absolute Gasteiger partial charge is 0.252 e. The van der Waals surface area contributed by atoms with Crippen LogP contribution in [-0.4, -0.2) is 9.97 Å². The van der Waals surface area contributed by atoms with Gasteiger partial charge in [-0.2, -0.15) is 0 Å². The minimum atomic E-state index is -0.120. The summed E-state index contributed by atoms with van der Waals surface area (Å²) in [7, 11) is 0. The van der Waals surface area contributed by atoms with Gasteiger partial charge in [-0.1, -0.05) is 43.7 Å². The lowest BCUT2D eigenvalue weighted by Gasteiger charge is -2.09. The molecule has 1 heterocycles. The predicted octanol–water partition coefficient (Wildman–Crippen LogP) is 2.81. The molecule has 0 saturated heterocycles. The molecule has 0 atom stereocenters. The van der Waals surface area contributed by atoms with E-state index in [0.29, 0.717) is 18.2 Å². The van der Waals surface area contributed by atoms with Crippen LogP contribution in [0.4, 0.5) is 5.82 Å². The van der Waals surface area contributed by atoms with Crippen LogP contribution in [-0.2, 0) is 6.54 Å². The average molecular weight is 257 g/mol. The first-order valence-electron chi connectivity index (χ1n) is 6.45. The highest BCUT2D eigenvalue weighted by Crippen LogP contribution is 2.10. The number of nitrogens with one attached hydrogen (secondary N) is 2. The summed E-state index contributed by atoms with van der Waals surface area (Å²) in [4.78, 5) is 18.7. The largest absolute Gasteiger partial charge is 0.366 e. The van der Waals surface area contributed by atoms with Crippen LogP contribution in [0.5, 0.6) is 0 Å². The van der Waals surface area contributed by atoms with Crippen molar-refractivity contribution in [3.05, 3.63) is 57.6 Å². The molecule has 0 aliphatic carbocycles. The number of nitrogens with zero attached hydrogens (tertiary/aromatic N) is 1. The Kier molecular flexibility index (Phi) is 4.00. The van der Waals surface area contributed by atoms with E-state index in [4.69, 9.17) is 0 Å². The van der Waals surface area contributed by atoms with Crippen LogP contribution in [0.2, 0.25) is 0 Å². The van der Waals surface area contributed by atoms with Crippen LogP contribution in [0.3, 0.4) is 0 Å². The van der Waals surface area contributed by atoms with Gasteiger partial charge < -0.3 is 10.3 Å². The first kappa shape index (κ1) is 13.3. The number of aromatic nitrogens is 2. The lowest BCUT2D eigenvalue weighted by Crippen LogP contribution is -2.14. The van der Waals surface area contributed by atoms with E-state index in [1.807, 2.05) is 19.9 Å². The highest BCUT2D eigenvalue weighted by atomic mass is 16.1. The summed E-state index contributed by atoms with van der Waals surface area (Å²) < 4.78 is 0. The third kappa shape index (κ3) is 3.68. The monoisotopic (exact) mass is 257 g/mol. The minimum Gasteiger partial charge on any atom is -0.366 e. The maximum atomic E-state index is 11.5. The zero-order chi connectivity index (χ0) is 13.8. The molecule has 2 aromatic rings. The molecule has 100 valence electrons. The van der Waals surface area contributed by atoms with Crippen LogP contribution in [0.15, 0.2) is 35.1 Å². The highest BCUT2D eigenvalue weighted by Gasteiger charge is 2.05. The molecule has 1 aromatic heterocycles. The van der Waals surface area contributed by atoms with Gasteiger partial charge in [0.05, 0.1) is 0 Å². The SMILES string of the molecule is Cc1cccc(CNc2cc(=O)[nH]c(C(C)C)n2)c1. The Labute approximate surface area is 112 Å². The standard InChI is InChI=1S/C15H19N3O/c1-10(2)15-17-13(8-14(19)18-15)16-9-12-6-4-5-11(3)7-12/h4-8,10H,9H2,1-3H3,(H2,16,17,18,19). The van der Waals surface area contributed by atoms with Crippen molar-refractivity contribution in [2.75, 3.05) is 5.32 Å². The second-order valence-corrected chi connectivity index (χ2v) is 5.01. The summed E-state index contributed by atoms with van der Waals surface area (Å²) in [5.41, 5.74) is 2.28. The molecule has 1 aromatic carbocycles. The van der Waals surface area contributed by atoms with Gasteiger partial charge in [0.25, 0.3) is 5.56 Å². The maximum Gasteiger partial charge on any atom is 0.252 e. The molecule has 2 N–H and O–H groups in total. The van der Waals surface area contributed by atoms with Gasteiger partial charge in [0, 0.05) is 18.5 Å². The molecule has 0 bridgehead atoms. The third-order valence-corrected chi connectivity index (χ3v) is 2.86. The Balaban J connectivity index is 2.13. The molecule has 19 heavy (non-hydrogen) atoms. The molecule has 0 fully saturated rings. The molecule has 0 radical (unpaired) electrons. The van der Waals surface area contributed by atoms with E-state index >= 15 is 0 Å². The van der Waals surface area contributed by atoms with Crippen molar-refractivity contribution in [2.24, 2.45) is 0 Å². The van der Waals surface area contributed by atoms with E-state index in [-0.39, 0.29) is 11.5 Å². The van der Waals surface area contributed by atoms with Crippen LogP contribution < -0.4 is 10.9 Å². The molecule has 0 amide bonds. The summed E-state index contributed by atoms with van der Waals surface area (Å²) in [6, 6.07) is 9.74. The fourth-order valence-corrected chi connectivity index (χ4v) is 1.86. The first-order chi connectivity index (χ1) is 9.04. The fourth-order valence-electron chi connectivity index (χ4n) is 1.86. The Morgan fingerprint density at radius 1 is 1.32 bits per heavy atom. The number of aryl methyl sites for hydroxylation is 1. The van der Waals surface area contributed by atoms with Crippen molar-refractivity contribution in [1.82, 2.24) is 9.97 Å². The molecule has 4 nitrogen and oxygen atoms in total. The highest BCUT2D eigenvalue weighted by molar-refractivity contribution is 5.35. The summed E-state index contributed by atoms with van der Waals surface area (Å²) in [6.07, 6.45) is 0. The summed E-state index contributed by atoms with van der Waals surface area (Å²) in [5, 5.41) is 3.19. The van der Waals surface area contributed by atoms with Crippen molar-refractivity contribution < 1.29 is 0 Å². The van der Waals surface area contributed by atoms with Gasteiger partial charge in [0.2, 0.25) is 0 Å². The topological polar surface area (TPSA) is 57.8 Å². The van der Waals surface area contributed by atoms with E-state index in [1.54, 1.807) is 0 Å². The van der Waals surface area contributed by atoms with E-state index < -0.39 is 0 Å². The van der Waals surface area contributed by atoms with Crippen LogP contribution in [0.1, 0.15) is 36.7 Å². The minimum absolute atomic E-state index is 0.120. The third-order valence-electron chi connectivity index (χ3n) is 2.86. The molecule has 0 unspecified atom stereocenters. The number of H-pyrrole nitrogens is 1. The Hall–Kier alpha value is -2.10.